The second-order valence-electron chi connectivity index (χ2n) is 5.47. The normalized spacial score (nSPS) is 35.0. The summed E-state index contributed by atoms with van der Waals surface area (Å²) in [6, 6.07) is 0.557. The van der Waals surface area contributed by atoms with Gasteiger partial charge in [0.25, 0.3) is 0 Å². The van der Waals surface area contributed by atoms with Crippen molar-refractivity contribution in [1.29, 1.82) is 0 Å². The van der Waals surface area contributed by atoms with Gasteiger partial charge in [-0.2, -0.15) is 0 Å². The third-order valence-corrected chi connectivity index (χ3v) is 4.38. The van der Waals surface area contributed by atoms with Gasteiger partial charge >= 0.3 is 0 Å². The molecule has 3 N–H and O–H groups in total. The van der Waals surface area contributed by atoms with E-state index in [2.05, 4.69) is 10.2 Å². The molecule has 1 amide bonds. The van der Waals surface area contributed by atoms with Crippen LogP contribution in [0.25, 0.3) is 0 Å². The molecule has 1 saturated carbocycles. The van der Waals surface area contributed by atoms with E-state index in [1.54, 1.807) is 0 Å². The van der Waals surface area contributed by atoms with Gasteiger partial charge in [-0.25, -0.2) is 0 Å². The zero-order chi connectivity index (χ0) is 12.3. The Morgan fingerprint density at radius 3 is 2.71 bits per heavy atom. The number of carbonyl (C=O) groups excluding carboxylic acids is 1. The van der Waals surface area contributed by atoms with E-state index in [1.807, 2.05) is 6.92 Å². The average molecular weight is 239 g/mol. The summed E-state index contributed by atoms with van der Waals surface area (Å²) < 4.78 is 0. The maximum absolute atomic E-state index is 11.7. The zero-order valence-electron chi connectivity index (χ0n) is 10.9. The van der Waals surface area contributed by atoms with Crippen LogP contribution in [-0.4, -0.2) is 42.0 Å². The first-order valence-corrected chi connectivity index (χ1v) is 6.97. The van der Waals surface area contributed by atoms with Gasteiger partial charge in [-0.3, -0.25) is 4.79 Å². The Kier molecular flexibility index (Phi) is 4.05. The second kappa shape index (κ2) is 5.36. The minimum atomic E-state index is -0.434. The summed E-state index contributed by atoms with van der Waals surface area (Å²) in [6.07, 6.45) is 6.88. The van der Waals surface area contributed by atoms with E-state index in [4.69, 9.17) is 5.73 Å². The third-order valence-electron chi connectivity index (χ3n) is 4.38. The van der Waals surface area contributed by atoms with Crippen LogP contribution >= 0.6 is 0 Å². The van der Waals surface area contributed by atoms with Gasteiger partial charge in [0, 0.05) is 6.04 Å². The van der Waals surface area contributed by atoms with Crippen molar-refractivity contribution in [1.82, 2.24) is 10.2 Å². The van der Waals surface area contributed by atoms with E-state index >= 15 is 0 Å². The molecule has 0 aromatic carbocycles. The molecule has 4 nitrogen and oxygen atoms in total. The minimum absolute atomic E-state index is 0.168. The van der Waals surface area contributed by atoms with Gasteiger partial charge < -0.3 is 16.0 Å². The molecule has 2 aliphatic rings. The first-order valence-electron chi connectivity index (χ1n) is 6.97. The Morgan fingerprint density at radius 1 is 1.41 bits per heavy atom. The number of carbonyl (C=O) groups is 1. The Hall–Kier alpha value is -0.610. The lowest BCUT2D eigenvalue weighted by atomic mass is 9.96. The van der Waals surface area contributed by atoms with Gasteiger partial charge in [-0.15, -0.1) is 0 Å². The number of amides is 1. The van der Waals surface area contributed by atoms with Gasteiger partial charge in [0.05, 0.1) is 5.54 Å². The third kappa shape index (κ3) is 2.63. The SMILES string of the molecule is CCNC1(C(N)=O)CCC(N2CCCCC2)C1. The lowest BCUT2D eigenvalue weighted by Crippen LogP contribution is -2.54. The smallest absolute Gasteiger partial charge is 0.237 e. The Balaban J connectivity index is 1.98. The Bertz CT molecular complexity index is 276. The van der Waals surface area contributed by atoms with Crippen LogP contribution in [0.4, 0.5) is 0 Å². The van der Waals surface area contributed by atoms with Crippen LogP contribution in [0.1, 0.15) is 45.4 Å². The summed E-state index contributed by atoms with van der Waals surface area (Å²) >= 11 is 0. The number of primary amides is 1. The van der Waals surface area contributed by atoms with Crippen molar-refractivity contribution in [3.8, 4) is 0 Å². The molecule has 98 valence electrons. The molecule has 2 fully saturated rings. The first kappa shape index (κ1) is 12.8. The van der Waals surface area contributed by atoms with Crippen LogP contribution in [0.5, 0.6) is 0 Å². The highest BCUT2D eigenvalue weighted by Gasteiger charge is 2.45. The van der Waals surface area contributed by atoms with Crippen molar-refractivity contribution in [2.24, 2.45) is 5.73 Å². The summed E-state index contributed by atoms with van der Waals surface area (Å²) in [5.74, 6) is -0.168. The van der Waals surface area contributed by atoms with Crippen molar-refractivity contribution in [2.45, 2.75) is 57.0 Å². The van der Waals surface area contributed by atoms with Gasteiger partial charge in [-0.1, -0.05) is 13.3 Å². The quantitative estimate of drug-likeness (QED) is 0.765. The highest BCUT2D eigenvalue weighted by atomic mass is 16.1. The number of likely N-dealkylation sites (tertiary alicyclic amines) is 1. The van der Waals surface area contributed by atoms with Crippen molar-refractivity contribution in [3.63, 3.8) is 0 Å². The largest absolute Gasteiger partial charge is 0.368 e. The molecule has 4 heteroatoms. The molecular weight excluding hydrogens is 214 g/mol. The molecule has 2 atom stereocenters. The Labute approximate surface area is 104 Å². The highest BCUT2D eigenvalue weighted by molar-refractivity contribution is 5.85. The Morgan fingerprint density at radius 2 is 2.12 bits per heavy atom. The second-order valence-corrected chi connectivity index (χ2v) is 5.47. The number of rotatable bonds is 4. The maximum Gasteiger partial charge on any atom is 0.237 e. The van der Waals surface area contributed by atoms with Crippen LogP contribution < -0.4 is 11.1 Å². The number of nitrogens with zero attached hydrogens (tertiary/aromatic N) is 1. The number of hydrogen-bond donors (Lipinski definition) is 2. The van der Waals surface area contributed by atoms with Crippen LogP contribution in [0, 0.1) is 0 Å². The van der Waals surface area contributed by atoms with Crippen LogP contribution in [0.15, 0.2) is 0 Å². The molecule has 17 heavy (non-hydrogen) atoms. The van der Waals surface area contributed by atoms with E-state index in [1.165, 1.54) is 32.4 Å². The molecule has 1 heterocycles. The predicted octanol–water partition coefficient (Wildman–Crippen LogP) is 0.858. The summed E-state index contributed by atoms with van der Waals surface area (Å²) in [6.45, 7) is 5.26. The summed E-state index contributed by atoms with van der Waals surface area (Å²) in [7, 11) is 0. The molecule has 2 rings (SSSR count). The van der Waals surface area contributed by atoms with E-state index in [0.29, 0.717) is 6.04 Å². The highest BCUT2D eigenvalue weighted by Crippen LogP contribution is 2.34. The van der Waals surface area contributed by atoms with Crippen molar-refractivity contribution >= 4 is 5.91 Å². The molecule has 1 aliphatic heterocycles. The van der Waals surface area contributed by atoms with E-state index in [9.17, 15) is 4.79 Å². The predicted molar refractivity (Wildman–Crippen MR) is 68.7 cm³/mol. The lowest BCUT2D eigenvalue weighted by Gasteiger charge is -2.34. The van der Waals surface area contributed by atoms with Crippen molar-refractivity contribution < 1.29 is 4.79 Å². The molecule has 0 bridgehead atoms. The van der Waals surface area contributed by atoms with Crippen LogP contribution in [0.3, 0.4) is 0 Å². The standard InChI is InChI=1S/C13H25N3O/c1-2-15-13(12(14)17)7-6-11(10-13)16-8-4-3-5-9-16/h11,15H,2-10H2,1H3,(H2,14,17). The monoisotopic (exact) mass is 239 g/mol. The fraction of sp³-hybridized carbons (Fsp3) is 0.923. The molecule has 1 saturated heterocycles. The van der Waals surface area contributed by atoms with E-state index < -0.39 is 5.54 Å². The van der Waals surface area contributed by atoms with Gasteiger partial charge in [0.2, 0.25) is 5.91 Å². The van der Waals surface area contributed by atoms with Crippen molar-refractivity contribution in [3.05, 3.63) is 0 Å². The number of nitrogens with one attached hydrogen (secondary N) is 1. The van der Waals surface area contributed by atoms with Gasteiger partial charge in [0.1, 0.15) is 0 Å². The molecule has 0 aromatic rings. The number of hydrogen-bond acceptors (Lipinski definition) is 3. The first-order chi connectivity index (χ1) is 8.18. The van der Waals surface area contributed by atoms with Crippen LogP contribution in [0.2, 0.25) is 0 Å². The number of nitrogens with two attached hydrogens (primary N) is 1. The van der Waals surface area contributed by atoms with Crippen molar-refractivity contribution in [2.75, 3.05) is 19.6 Å². The molecular formula is C13H25N3O. The topological polar surface area (TPSA) is 58.4 Å². The minimum Gasteiger partial charge on any atom is -0.368 e. The molecule has 0 radical (unpaired) electrons. The summed E-state index contributed by atoms with van der Waals surface area (Å²) in [5.41, 5.74) is 5.16. The summed E-state index contributed by atoms with van der Waals surface area (Å²) in [5, 5.41) is 3.33. The van der Waals surface area contributed by atoms with E-state index in [-0.39, 0.29) is 5.91 Å². The van der Waals surface area contributed by atoms with Gasteiger partial charge in [0.15, 0.2) is 0 Å². The molecule has 0 spiro atoms. The van der Waals surface area contributed by atoms with Gasteiger partial charge in [-0.05, 0) is 51.7 Å². The van der Waals surface area contributed by atoms with E-state index in [0.717, 1.165) is 25.8 Å². The fourth-order valence-electron chi connectivity index (χ4n) is 3.42. The average Bonchev–Trinajstić information content (AvgIpc) is 2.76. The van der Waals surface area contributed by atoms with Crippen LogP contribution in [-0.2, 0) is 4.79 Å². The number of likely N-dealkylation sites (N-methyl/N-ethyl adjacent to an activating group) is 1. The summed E-state index contributed by atoms with van der Waals surface area (Å²) in [4.78, 5) is 14.2. The molecule has 2 unspecified atom stereocenters. The molecule has 0 aromatic heterocycles. The molecule has 1 aliphatic carbocycles. The number of piperidine rings is 1. The maximum atomic E-state index is 11.7. The zero-order valence-corrected chi connectivity index (χ0v) is 10.9. The lowest BCUT2D eigenvalue weighted by molar-refractivity contribution is -0.124. The fourth-order valence-corrected chi connectivity index (χ4v) is 3.42.